The van der Waals surface area contributed by atoms with E-state index in [4.69, 9.17) is 16.6 Å². The number of primary amides is 2. The van der Waals surface area contributed by atoms with Gasteiger partial charge in [-0.05, 0) is 28.7 Å². The molecule has 2 aromatic carbocycles. The molecule has 0 aliphatic rings. The van der Waals surface area contributed by atoms with Crippen molar-refractivity contribution in [1.82, 2.24) is 20.9 Å². The van der Waals surface area contributed by atoms with Crippen LogP contribution in [0.5, 0.6) is 0 Å². The zero-order chi connectivity index (χ0) is 34.1. The topological polar surface area (TPSA) is 231 Å². The van der Waals surface area contributed by atoms with E-state index in [9.17, 15) is 33.6 Å². The van der Waals surface area contributed by atoms with Gasteiger partial charge in [-0.1, -0.05) is 63.2 Å². The third kappa shape index (κ3) is 10.9. The number of nitrogens with two attached hydrogens (primary N) is 2. The highest BCUT2D eigenvalue weighted by Gasteiger charge is 2.36. The number of benzene rings is 2. The second kappa shape index (κ2) is 15.6. The van der Waals surface area contributed by atoms with Gasteiger partial charge in [-0.25, -0.2) is 0 Å². The summed E-state index contributed by atoms with van der Waals surface area (Å²) in [5, 5.41) is 18.3. The zero-order valence-electron chi connectivity index (χ0n) is 26.1. The smallest absolute Gasteiger partial charge is 0.303 e. The number of carboxylic acid groups (broad SMARTS) is 1. The summed E-state index contributed by atoms with van der Waals surface area (Å²) in [6, 6.07) is 8.00. The highest BCUT2D eigenvalue weighted by atomic mass is 16.4. The molecule has 14 nitrogen and oxygen atoms in total. The lowest BCUT2D eigenvalue weighted by Crippen LogP contribution is -2.59. The van der Waals surface area contributed by atoms with Crippen LogP contribution in [0.4, 0.5) is 0 Å². The van der Waals surface area contributed by atoms with Gasteiger partial charge in [0, 0.05) is 19.9 Å². The summed E-state index contributed by atoms with van der Waals surface area (Å²) < 4.78 is 0. The molecule has 0 radical (unpaired) electrons. The molecule has 4 atom stereocenters. The van der Waals surface area contributed by atoms with E-state index in [-0.39, 0.29) is 12.8 Å². The largest absolute Gasteiger partial charge is 0.481 e. The van der Waals surface area contributed by atoms with Gasteiger partial charge in [0.05, 0.1) is 12.8 Å². The first-order chi connectivity index (χ1) is 20.9. The molecule has 244 valence electrons. The predicted octanol–water partition coefficient (Wildman–Crippen LogP) is -0.0448. The monoisotopic (exact) mass is 626 g/mol. The fraction of sp³-hybridized carbons (Fsp3) is 0.452. The second-order valence-electron chi connectivity index (χ2n) is 12.0. The minimum atomic E-state index is -1.48. The minimum absolute atomic E-state index is 0.0160. The number of likely N-dealkylation sites (N-methyl/N-ethyl adjacent to an activating group) is 1. The molecular weight excluding hydrogens is 584 g/mol. The van der Waals surface area contributed by atoms with Crippen molar-refractivity contribution in [2.24, 2.45) is 16.9 Å². The SMILES string of the molecule is C[C@H](NC(=O)[C@H](CC(N)=O)N(C)C(=O)[C@H](Cc1ccc2ccccc2c1)NC(=O)CCC(=O)O)C(=O)N[C@H](C(N)=O)C(C)(C)C. The van der Waals surface area contributed by atoms with Gasteiger partial charge in [-0.2, -0.15) is 0 Å². The first kappa shape index (κ1) is 36.2. The molecule has 0 heterocycles. The number of nitrogens with one attached hydrogen (secondary N) is 3. The molecule has 6 amide bonds. The van der Waals surface area contributed by atoms with Crippen molar-refractivity contribution in [3.05, 3.63) is 48.0 Å². The third-order valence-corrected chi connectivity index (χ3v) is 7.15. The first-order valence-corrected chi connectivity index (χ1v) is 14.3. The number of nitrogens with zero attached hydrogens (tertiary/aromatic N) is 1. The van der Waals surface area contributed by atoms with Crippen LogP contribution in [0.25, 0.3) is 10.8 Å². The Labute approximate surface area is 261 Å². The number of carboxylic acids is 1. The normalized spacial score (nSPS) is 13.9. The molecule has 0 bridgehead atoms. The molecule has 0 spiro atoms. The maximum Gasteiger partial charge on any atom is 0.303 e. The summed E-state index contributed by atoms with van der Waals surface area (Å²) in [5.41, 5.74) is 10.8. The lowest BCUT2D eigenvalue weighted by atomic mass is 9.86. The van der Waals surface area contributed by atoms with Crippen LogP contribution in [0.2, 0.25) is 0 Å². The molecule has 0 fully saturated rings. The Morgan fingerprint density at radius 1 is 0.867 bits per heavy atom. The molecule has 14 heteroatoms. The van der Waals surface area contributed by atoms with E-state index in [0.29, 0.717) is 5.56 Å². The van der Waals surface area contributed by atoms with E-state index >= 15 is 0 Å². The maximum absolute atomic E-state index is 13.8. The molecule has 0 aromatic heterocycles. The molecule has 2 aromatic rings. The van der Waals surface area contributed by atoms with E-state index < -0.39 is 83.8 Å². The predicted molar refractivity (Wildman–Crippen MR) is 165 cm³/mol. The Kier molecular flexibility index (Phi) is 12.6. The summed E-state index contributed by atoms with van der Waals surface area (Å²) in [4.78, 5) is 88.4. The van der Waals surface area contributed by atoms with Gasteiger partial charge < -0.3 is 37.4 Å². The van der Waals surface area contributed by atoms with Crippen molar-refractivity contribution in [2.45, 2.75) is 77.5 Å². The van der Waals surface area contributed by atoms with Crippen LogP contribution in [-0.4, -0.2) is 82.6 Å². The second-order valence-corrected chi connectivity index (χ2v) is 12.0. The van der Waals surface area contributed by atoms with E-state index in [1.807, 2.05) is 36.4 Å². The van der Waals surface area contributed by atoms with Crippen molar-refractivity contribution < 1.29 is 38.7 Å². The minimum Gasteiger partial charge on any atom is -0.481 e. The molecular formula is C31H42N6O8. The average Bonchev–Trinajstić information content (AvgIpc) is 2.95. The Bertz CT molecular complexity index is 1450. The molecule has 8 N–H and O–H groups in total. The lowest BCUT2D eigenvalue weighted by Gasteiger charge is -2.32. The van der Waals surface area contributed by atoms with Gasteiger partial charge in [0.2, 0.25) is 35.4 Å². The van der Waals surface area contributed by atoms with Gasteiger partial charge in [0.1, 0.15) is 24.2 Å². The third-order valence-electron chi connectivity index (χ3n) is 7.15. The number of carbonyl (C=O) groups excluding carboxylic acids is 6. The number of rotatable bonds is 15. The fourth-order valence-corrected chi connectivity index (χ4v) is 4.64. The van der Waals surface area contributed by atoms with E-state index in [1.165, 1.54) is 14.0 Å². The number of amides is 6. The molecule has 2 rings (SSSR count). The molecule has 0 aliphatic heterocycles. The van der Waals surface area contributed by atoms with Crippen molar-refractivity contribution in [2.75, 3.05) is 7.05 Å². The van der Waals surface area contributed by atoms with Crippen LogP contribution in [-0.2, 0) is 40.0 Å². The number of hydrogen-bond acceptors (Lipinski definition) is 7. The number of aliphatic carboxylic acids is 1. The van der Waals surface area contributed by atoms with Crippen LogP contribution in [0, 0.1) is 5.41 Å². The average molecular weight is 627 g/mol. The van der Waals surface area contributed by atoms with Crippen LogP contribution < -0.4 is 27.4 Å². The van der Waals surface area contributed by atoms with Crippen LogP contribution >= 0.6 is 0 Å². The fourth-order valence-electron chi connectivity index (χ4n) is 4.64. The Balaban J connectivity index is 2.32. The van der Waals surface area contributed by atoms with Crippen LogP contribution in [0.3, 0.4) is 0 Å². The summed E-state index contributed by atoms with van der Waals surface area (Å²) in [5.74, 6) is -5.95. The van der Waals surface area contributed by atoms with Gasteiger partial charge in [0.15, 0.2) is 0 Å². The highest BCUT2D eigenvalue weighted by molar-refractivity contribution is 5.97. The van der Waals surface area contributed by atoms with Crippen LogP contribution in [0.15, 0.2) is 42.5 Å². The van der Waals surface area contributed by atoms with E-state index in [2.05, 4.69) is 16.0 Å². The summed E-state index contributed by atoms with van der Waals surface area (Å²) >= 11 is 0. The van der Waals surface area contributed by atoms with Crippen molar-refractivity contribution in [3.8, 4) is 0 Å². The summed E-state index contributed by atoms with van der Waals surface area (Å²) in [6.45, 7) is 6.45. The van der Waals surface area contributed by atoms with Gasteiger partial charge >= 0.3 is 5.97 Å². The van der Waals surface area contributed by atoms with E-state index in [0.717, 1.165) is 15.7 Å². The van der Waals surface area contributed by atoms with Gasteiger partial charge in [0.25, 0.3) is 0 Å². The van der Waals surface area contributed by atoms with Crippen molar-refractivity contribution in [1.29, 1.82) is 0 Å². The zero-order valence-corrected chi connectivity index (χ0v) is 26.1. The molecule has 0 aliphatic carbocycles. The number of carbonyl (C=O) groups is 7. The molecule has 0 saturated carbocycles. The number of hydrogen-bond donors (Lipinski definition) is 6. The molecule has 0 saturated heterocycles. The maximum atomic E-state index is 13.8. The van der Waals surface area contributed by atoms with Crippen molar-refractivity contribution in [3.63, 3.8) is 0 Å². The molecule has 45 heavy (non-hydrogen) atoms. The molecule has 0 unspecified atom stereocenters. The first-order valence-electron chi connectivity index (χ1n) is 14.3. The lowest BCUT2D eigenvalue weighted by molar-refractivity contribution is -0.144. The summed E-state index contributed by atoms with van der Waals surface area (Å²) in [7, 11) is 1.25. The standard InChI is InChI=1S/C31H42N6O8/c1-17(28(43)36-26(27(33)42)31(2,3)4)34-29(44)22(16-23(32)38)37(5)30(45)21(35-24(39)12-13-25(40)41)15-18-10-11-19-8-6-7-9-20(19)14-18/h6-11,14,17,21-22,26H,12-13,15-16H2,1-5H3,(H2,32,38)(H2,33,42)(H,34,44)(H,35,39)(H,36,43)(H,40,41)/t17-,21-,22-,26+/m0/s1. The highest BCUT2D eigenvalue weighted by Crippen LogP contribution is 2.20. The summed E-state index contributed by atoms with van der Waals surface area (Å²) in [6.07, 6.45) is -1.47. The van der Waals surface area contributed by atoms with Crippen molar-refractivity contribution >= 4 is 52.2 Å². The van der Waals surface area contributed by atoms with Gasteiger partial charge in [-0.3, -0.25) is 33.6 Å². The quantitative estimate of drug-likeness (QED) is 0.157. The number of fused-ring (bicyclic) bond motifs is 1. The Morgan fingerprint density at radius 2 is 1.49 bits per heavy atom. The van der Waals surface area contributed by atoms with E-state index in [1.54, 1.807) is 26.8 Å². The Morgan fingerprint density at radius 3 is 2.04 bits per heavy atom. The van der Waals surface area contributed by atoms with Gasteiger partial charge in [-0.15, -0.1) is 0 Å². The van der Waals surface area contributed by atoms with Crippen LogP contribution in [0.1, 0.15) is 52.5 Å². The Hall–Kier alpha value is -5.01.